The molecular formula is C15H11ClN4O2S. The van der Waals surface area contributed by atoms with Crippen LogP contribution < -0.4 is 10.6 Å². The van der Waals surface area contributed by atoms with Crippen molar-refractivity contribution in [2.45, 2.75) is 6.92 Å². The van der Waals surface area contributed by atoms with Gasteiger partial charge in [0.25, 0.3) is 5.91 Å². The Balaban J connectivity index is 2.42. The second kappa shape index (κ2) is 7.05. The predicted molar refractivity (Wildman–Crippen MR) is 89.2 cm³/mol. The number of halogens is 1. The van der Waals surface area contributed by atoms with Crippen molar-refractivity contribution in [2.75, 3.05) is 4.90 Å². The highest BCUT2D eigenvalue weighted by molar-refractivity contribution is 7.14. The average molecular weight is 347 g/mol. The number of carbonyl (C=O) groups is 2. The fourth-order valence-corrected chi connectivity index (χ4v) is 2.82. The van der Waals surface area contributed by atoms with E-state index in [4.69, 9.17) is 22.6 Å². The van der Waals surface area contributed by atoms with Gasteiger partial charge in [-0.2, -0.15) is 5.26 Å². The summed E-state index contributed by atoms with van der Waals surface area (Å²) >= 11 is 7.15. The van der Waals surface area contributed by atoms with Crippen molar-refractivity contribution < 1.29 is 9.59 Å². The summed E-state index contributed by atoms with van der Waals surface area (Å²) < 4.78 is 0. The second-order valence-corrected chi connectivity index (χ2v) is 5.70. The second-order valence-electron chi connectivity index (χ2n) is 4.42. The normalized spacial score (nSPS) is 10.9. The lowest BCUT2D eigenvalue weighted by atomic mass is 10.2. The summed E-state index contributed by atoms with van der Waals surface area (Å²) in [5.74, 6) is -1.08. The van der Waals surface area contributed by atoms with Crippen LogP contribution in [0.3, 0.4) is 0 Å². The zero-order valence-electron chi connectivity index (χ0n) is 12.0. The first-order valence-corrected chi connectivity index (χ1v) is 7.61. The first kappa shape index (κ1) is 16.7. The molecule has 1 aromatic carbocycles. The van der Waals surface area contributed by atoms with Crippen molar-refractivity contribution in [3.63, 3.8) is 0 Å². The van der Waals surface area contributed by atoms with E-state index >= 15 is 0 Å². The molecule has 1 heterocycles. The third-order valence-electron chi connectivity index (χ3n) is 2.76. The van der Waals surface area contributed by atoms with Crippen molar-refractivity contribution in [2.24, 2.45) is 5.73 Å². The zero-order valence-corrected chi connectivity index (χ0v) is 13.6. The Labute approximate surface area is 141 Å². The third-order valence-corrected chi connectivity index (χ3v) is 3.84. The molecule has 1 aromatic heterocycles. The number of nitrogens with zero attached hydrogens (tertiary/aromatic N) is 3. The van der Waals surface area contributed by atoms with Crippen LogP contribution in [0.2, 0.25) is 5.02 Å². The molecule has 2 amide bonds. The van der Waals surface area contributed by atoms with E-state index in [9.17, 15) is 9.59 Å². The van der Waals surface area contributed by atoms with Crippen LogP contribution in [0.15, 0.2) is 35.2 Å². The van der Waals surface area contributed by atoms with Gasteiger partial charge in [0.05, 0.1) is 11.4 Å². The van der Waals surface area contributed by atoms with Gasteiger partial charge in [-0.05, 0) is 24.3 Å². The van der Waals surface area contributed by atoms with Gasteiger partial charge in [0.2, 0.25) is 5.91 Å². The van der Waals surface area contributed by atoms with Crippen LogP contribution in [0.4, 0.5) is 10.8 Å². The molecule has 8 heteroatoms. The van der Waals surface area contributed by atoms with Gasteiger partial charge in [0, 0.05) is 17.3 Å². The lowest BCUT2D eigenvalue weighted by Gasteiger charge is -2.18. The summed E-state index contributed by atoms with van der Waals surface area (Å²) in [4.78, 5) is 28.7. The number of primary amides is 1. The first-order chi connectivity index (χ1) is 10.9. The summed E-state index contributed by atoms with van der Waals surface area (Å²) in [5.41, 5.74) is 5.82. The number of carbonyl (C=O) groups excluding carboxylic acids is 2. The largest absolute Gasteiger partial charge is 0.365 e. The fraction of sp³-hybridized carbons (Fsp3) is 0.0667. The Morgan fingerprint density at radius 1 is 1.48 bits per heavy atom. The average Bonchev–Trinajstić information content (AvgIpc) is 2.92. The summed E-state index contributed by atoms with van der Waals surface area (Å²) in [7, 11) is 0. The Kier molecular flexibility index (Phi) is 5.11. The molecular weight excluding hydrogens is 336 g/mol. The van der Waals surface area contributed by atoms with E-state index in [1.165, 1.54) is 29.2 Å². The smallest absolute Gasteiger partial charge is 0.259 e. The molecule has 23 heavy (non-hydrogen) atoms. The maximum atomic E-state index is 12.0. The highest BCUT2D eigenvalue weighted by Gasteiger charge is 2.18. The number of nitrogens with two attached hydrogens (primary N) is 1. The molecule has 0 aliphatic rings. The third kappa shape index (κ3) is 3.94. The number of benzene rings is 1. The summed E-state index contributed by atoms with van der Waals surface area (Å²) in [5, 5.41) is 11.4. The number of thiazole rings is 1. The molecule has 2 N–H and O–H groups in total. The zero-order chi connectivity index (χ0) is 17.0. The van der Waals surface area contributed by atoms with Crippen LogP contribution in [0.1, 0.15) is 12.6 Å². The van der Waals surface area contributed by atoms with Gasteiger partial charge in [-0.25, -0.2) is 4.98 Å². The SMILES string of the molecule is CC(=O)N(c1cccc(Cl)c1)c1nc(/C=C(\C#N)C(N)=O)cs1. The van der Waals surface area contributed by atoms with Gasteiger partial charge in [-0.15, -0.1) is 11.3 Å². The standard InChI is InChI=1S/C15H11ClN4O2S/c1-9(21)20(13-4-2-3-11(16)6-13)15-19-12(8-23-15)5-10(7-17)14(18)22/h2-6,8H,1H3,(H2,18,22)/b10-5+. The monoisotopic (exact) mass is 346 g/mol. The molecule has 0 spiro atoms. The summed E-state index contributed by atoms with van der Waals surface area (Å²) in [6.07, 6.45) is 1.28. The molecule has 6 nitrogen and oxygen atoms in total. The molecule has 116 valence electrons. The maximum Gasteiger partial charge on any atom is 0.259 e. The molecule has 0 radical (unpaired) electrons. The number of amides is 2. The minimum atomic E-state index is -0.833. The minimum absolute atomic E-state index is 0.209. The number of aromatic nitrogens is 1. The quantitative estimate of drug-likeness (QED) is 0.679. The molecule has 0 atom stereocenters. The number of hydrogen-bond acceptors (Lipinski definition) is 5. The fourth-order valence-electron chi connectivity index (χ4n) is 1.79. The highest BCUT2D eigenvalue weighted by atomic mass is 35.5. The van der Waals surface area contributed by atoms with Crippen LogP contribution in [-0.2, 0) is 9.59 Å². The predicted octanol–water partition coefficient (Wildman–Crippen LogP) is 2.87. The molecule has 0 bridgehead atoms. The van der Waals surface area contributed by atoms with E-state index in [2.05, 4.69) is 4.98 Å². The molecule has 2 aromatic rings. The van der Waals surface area contributed by atoms with E-state index in [0.717, 1.165) is 0 Å². The van der Waals surface area contributed by atoms with Crippen molar-refractivity contribution in [1.82, 2.24) is 4.98 Å². The Morgan fingerprint density at radius 2 is 2.22 bits per heavy atom. The van der Waals surface area contributed by atoms with E-state index < -0.39 is 5.91 Å². The van der Waals surface area contributed by atoms with Crippen molar-refractivity contribution in [3.05, 3.63) is 45.9 Å². The topological polar surface area (TPSA) is 100 Å². The molecule has 0 saturated heterocycles. The lowest BCUT2D eigenvalue weighted by molar-refractivity contribution is -0.116. The molecule has 0 saturated carbocycles. The van der Waals surface area contributed by atoms with E-state index in [-0.39, 0.29) is 11.5 Å². The highest BCUT2D eigenvalue weighted by Crippen LogP contribution is 2.30. The molecule has 0 aliphatic heterocycles. The molecule has 0 fully saturated rings. The van der Waals surface area contributed by atoms with Gasteiger partial charge < -0.3 is 5.73 Å². The van der Waals surface area contributed by atoms with Gasteiger partial charge in [-0.3, -0.25) is 14.5 Å². The van der Waals surface area contributed by atoms with E-state index in [0.29, 0.717) is 21.5 Å². The van der Waals surface area contributed by atoms with E-state index in [1.807, 2.05) is 0 Å². The van der Waals surface area contributed by atoms with Gasteiger partial charge in [0.1, 0.15) is 11.6 Å². The summed E-state index contributed by atoms with van der Waals surface area (Å²) in [6, 6.07) is 8.50. The van der Waals surface area contributed by atoms with Crippen molar-refractivity contribution >= 4 is 51.6 Å². The molecule has 0 unspecified atom stereocenters. The van der Waals surface area contributed by atoms with Crippen molar-refractivity contribution in [1.29, 1.82) is 5.26 Å². The Morgan fingerprint density at radius 3 is 2.78 bits per heavy atom. The number of anilines is 2. The Bertz CT molecular complexity index is 838. The van der Waals surface area contributed by atoms with E-state index in [1.54, 1.807) is 35.7 Å². The van der Waals surface area contributed by atoms with Crippen LogP contribution in [-0.4, -0.2) is 16.8 Å². The van der Waals surface area contributed by atoms with Crippen LogP contribution in [0.5, 0.6) is 0 Å². The minimum Gasteiger partial charge on any atom is -0.365 e. The van der Waals surface area contributed by atoms with Crippen LogP contribution in [0, 0.1) is 11.3 Å². The molecule has 2 rings (SSSR count). The van der Waals surface area contributed by atoms with Crippen molar-refractivity contribution in [3.8, 4) is 6.07 Å². The Hall–Kier alpha value is -2.69. The summed E-state index contributed by atoms with van der Waals surface area (Å²) in [6.45, 7) is 1.40. The van der Waals surface area contributed by atoms with Gasteiger partial charge in [0.15, 0.2) is 5.13 Å². The molecule has 0 aliphatic carbocycles. The van der Waals surface area contributed by atoms with Gasteiger partial charge in [-0.1, -0.05) is 17.7 Å². The van der Waals surface area contributed by atoms with Crippen LogP contribution in [0.25, 0.3) is 6.08 Å². The first-order valence-electron chi connectivity index (χ1n) is 6.35. The number of hydrogen-bond donors (Lipinski definition) is 1. The van der Waals surface area contributed by atoms with Gasteiger partial charge >= 0.3 is 0 Å². The van der Waals surface area contributed by atoms with Crippen LogP contribution >= 0.6 is 22.9 Å². The lowest BCUT2D eigenvalue weighted by Crippen LogP contribution is -2.22. The number of rotatable bonds is 4. The maximum absolute atomic E-state index is 12.0. The number of nitriles is 1.